The summed E-state index contributed by atoms with van der Waals surface area (Å²) in [5, 5.41) is 3.31. The molecule has 0 heterocycles. The Morgan fingerprint density at radius 1 is 1.44 bits per heavy atom. The van der Waals surface area contributed by atoms with E-state index < -0.39 is 0 Å². The average molecular weight is 285 g/mol. The zero-order chi connectivity index (χ0) is 13.5. The van der Waals surface area contributed by atoms with Gasteiger partial charge >= 0.3 is 0 Å². The summed E-state index contributed by atoms with van der Waals surface area (Å²) in [5.41, 5.74) is 6.93. The summed E-state index contributed by atoms with van der Waals surface area (Å²) in [6, 6.07) is 5.39. The molecule has 3 N–H and O–H groups in total. The van der Waals surface area contributed by atoms with Gasteiger partial charge in [0.2, 0.25) is 0 Å². The van der Waals surface area contributed by atoms with Crippen molar-refractivity contribution in [2.75, 3.05) is 6.54 Å². The predicted octanol–water partition coefficient (Wildman–Crippen LogP) is 2.83. The number of unbranched alkanes of at least 4 members (excludes halogenated alkanes) is 1. The molecule has 18 heavy (non-hydrogen) atoms. The fourth-order valence-electron chi connectivity index (χ4n) is 1.53. The van der Waals surface area contributed by atoms with Gasteiger partial charge in [0, 0.05) is 6.54 Å². The SMILES string of the molecule is Cc1ccc(C(=O)NCCCCC(N)=S)c(Cl)c1. The molecule has 0 radical (unpaired) electrons. The zero-order valence-electron chi connectivity index (χ0n) is 10.3. The number of amides is 1. The first-order valence-corrected chi connectivity index (χ1v) is 6.62. The van der Waals surface area contributed by atoms with Crippen molar-refractivity contribution in [2.45, 2.75) is 26.2 Å². The molecule has 0 bridgehead atoms. The lowest BCUT2D eigenvalue weighted by atomic mass is 10.1. The van der Waals surface area contributed by atoms with Crippen LogP contribution in [0.2, 0.25) is 5.02 Å². The first-order chi connectivity index (χ1) is 8.50. The van der Waals surface area contributed by atoms with Crippen LogP contribution in [0.1, 0.15) is 35.2 Å². The molecule has 0 atom stereocenters. The lowest BCUT2D eigenvalue weighted by Crippen LogP contribution is -2.25. The minimum Gasteiger partial charge on any atom is -0.393 e. The van der Waals surface area contributed by atoms with Crippen LogP contribution in [-0.2, 0) is 0 Å². The minimum absolute atomic E-state index is 0.143. The van der Waals surface area contributed by atoms with Gasteiger partial charge in [0.15, 0.2) is 0 Å². The number of aryl methyl sites for hydroxylation is 1. The standard InChI is InChI=1S/C13H17ClN2OS/c1-9-5-6-10(11(14)8-9)13(17)16-7-3-2-4-12(15)18/h5-6,8H,2-4,7H2,1H3,(H2,15,18)(H,16,17). The van der Waals surface area contributed by atoms with Crippen LogP contribution in [0.5, 0.6) is 0 Å². The van der Waals surface area contributed by atoms with Crippen molar-refractivity contribution < 1.29 is 4.79 Å². The highest BCUT2D eigenvalue weighted by Gasteiger charge is 2.09. The van der Waals surface area contributed by atoms with E-state index in [-0.39, 0.29) is 5.91 Å². The van der Waals surface area contributed by atoms with Crippen molar-refractivity contribution in [2.24, 2.45) is 5.73 Å². The van der Waals surface area contributed by atoms with Gasteiger partial charge in [-0.1, -0.05) is 29.9 Å². The van der Waals surface area contributed by atoms with Crippen LogP contribution in [0.15, 0.2) is 18.2 Å². The van der Waals surface area contributed by atoms with E-state index in [2.05, 4.69) is 5.32 Å². The molecule has 0 saturated heterocycles. The number of hydrogen-bond acceptors (Lipinski definition) is 2. The lowest BCUT2D eigenvalue weighted by molar-refractivity contribution is 0.0953. The molecule has 3 nitrogen and oxygen atoms in total. The molecule has 0 aliphatic rings. The molecule has 0 unspecified atom stereocenters. The van der Waals surface area contributed by atoms with Gasteiger partial charge in [-0.15, -0.1) is 0 Å². The van der Waals surface area contributed by atoms with Crippen molar-refractivity contribution in [1.29, 1.82) is 0 Å². The summed E-state index contributed by atoms with van der Waals surface area (Å²) in [6.45, 7) is 2.54. The highest BCUT2D eigenvalue weighted by molar-refractivity contribution is 7.80. The number of thiocarbonyl (C=S) groups is 1. The van der Waals surface area contributed by atoms with E-state index in [0.29, 0.717) is 22.1 Å². The summed E-state index contributed by atoms with van der Waals surface area (Å²) >= 11 is 10.8. The Morgan fingerprint density at radius 3 is 2.78 bits per heavy atom. The van der Waals surface area contributed by atoms with Gasteiger partial charge in [0.1, 0.15) is 0 Å². The largest absolute Gasteiger partial charge is 0.393 e. The third-order valence-electron chi connectivity index (χ3n) is 2.50. The normalized spacial score (nSPS) is 10.1. The Bertz CT molecular complexity index is 449. The van der Waals surface area contributed by atoms with E-state index in [4.69, 9.17) is 29.6 Å². The molecule has 5 heteroatoms. The van der Waals surface area contributed by atoms with E-state index in [1.165, 1.54) is 0 Å². The second kappa shape index (κ2) is 7.34. The quantitative estimate of drug-likeness (QED) is 0.624. The monoisotopic (exact) mass is 284 g/mol. The Balaban J connectivity index is 2.39. The van der Waals surface area contributed by atoms with Gasteiger partial charge in [0.05, 0.1) is 15.6 Å². The number of nitrogens with one attached hydrogen (secondary N) is 1. The van der Waals surface area contributed by atoms with Gasteiger partial charge in [-0.3, -0.25) is 4.79 Å². The van der Waals surface area contributed by atoms with Crippen LogP contribution in [0.4, 0.5) is 0 Å². The summed E-state index contributed by atoms with van der Waals surface area (Å²) in [6.07, 6.45) is 2.46. The maximum Gasteiger partial charge on any atom is 0.252 e. The van der Waals surface area contributed by atoms with Crippen molar-refractivity contribution in [3.05, 3.63) is 34.3 Å². The van der Waals surface area contributed by atoms with Gasteiger partial charge in [-0.25, -0.2) is 0 Å². The van der Waals surface area contributed by atoms with E-state index in [9.17, 15) is 4.79 Å². The highest BCUT2D eigenvalue weighted by atomic mass is 35.5. The van der Waals surface area contributed by atoms with E-state index in [1.807, 2.05) is 13.0 Å². The number of carbonyl (C=O) groups excluding carboxylic acids is 1. The maximum absolute atomic E-state index is 11.8. The molecule has 1 aromatic rings. The lowest BCUT2D eigenvalue weighted by Gasteiger charge is -2.07. The number of nitrogens with two attached hydrogens (primary N) is 1. The Morgan fingerprint density at radius 2 is 2.17 bits per heavy atom. The van der Waals surface area contributed by atoms with Crippen LogP contribution in [0.3, 0.4) is 0 Å². The predicted molar refractivity (Wildman–Crippen MR) is 79.2 cm³/mol. The third kappa shape index (κ3) is 5.02. The number of benzene rings is 1. The van der Waals surface area contributed by atoms with E-state index in [0.717, 1.165) is 24.8 Å². The summed E-state index contributed by atoms with van der Waals surface area (Å²) < 4.78 is 0. The Labute approximate surface area is 118 Å². The molecule has 0 aromatic heterocycles. The number of hydrogen-bond donors (Lipinski definition) is 2. The van der Waals surface area contributed by atoms with Gasteiger partial charge < -0.3 is 11.1 Å². The van der Waals surface area contributed by atoms with Crippen molar-refractivity contribution in [3.8, 4) is 0 Å². The molecule has 0 spiro atoms. The summed E-state index contributed by atoms with van der Waals surface area (Å²) in [4.78, 5) is 12.3. The molecule has 0 fully saturated rings. The second-order valence-electron chi connectivity index (χ2n) is 4.16. The van der Waals surface area contributed by atoms with Crippen LogP contribution in [0.25, 0.3) is 0 Å². The van der Waals surface area contributed by atoms with Crippen molar-refractivity contribution in [1.82, 2.24) is 5.32 Å². The summed E-state index contributed by atoms with van der Waals surface area (Å²) in [7, 11) is 0. The van der Waals surface area contributed by atoms with Crippen molar-refractivity contribution >= 4 is 34.7 Å². The van der Waals surface area contributed by atoms with Crippen LogP contribution < -0.4 is 11.1 Å². The molecular formula is C13H17ClN2OS. The Hall–Kier alpha value is -1.13. The number of rotatable bonds is 6. The van der Waals surface area contributed by atoms with Crippen LogP contribution >= 0.6 is 23.8 Å². The summed E-state index contributed by atoms with van der Waals surface area (Å²) in [5.74, 6) is -0.143. The van der Waals surface area contributed by atoms with E-state index in [1.54, 1.807) is 12.1 Å². The zero-order valence-corrected chi connectivity index (χ0v) is 11.9. The first kappa shape index (κ1) is 14.9. The fourth-order valence-corrected chi connectivity index (χ4v) is 1.99. The van der Waals surface area contributed by atoms with Gasteiger partial charge in [0.25, 0.3) is 5.91 Å². The number of halogens is 1. The molecule has 0 aliphatic heterocycles. The Kier molecular flexibility index (Phi) is 6.09. The minimum atomic E-state index is -0.143. The maximum atomic E-state index is 11.8. The molecule has 1 aromatic carbocycles. The van der Waals surface area contributed by atoms with Crippen LogP contribution in [0, 0.1) is 6.92 Å². The molecule has 1 amide bonds. The fraction of sp³-hybridized carbons (Fsp3) is 0.385. The third-order valence-corrected chi connectivity index (χ3v) is 3.02. The molecular weight excluding hydrogens is 268 g/mol. The van der Waals surface area contributed by atoms with Gasteiger partial charge in [-0.05, 0) is 43.9 Å². The van der Waals surface area contributed by atoms with Crippen molar-refractivity contribution in [3.63, 3.8) is 0 Å². The molecule has 0 saturated carbocycles. The average Bonchev–Trinajstić information content (AvgIpc) is 2.27. The molecule has 1 rings (SSSR count). The van der Waals surface area contributed by atoms with Gasteiger partial charge in [-0.2, -0.15) is 0 Å². The molecule has 0 aliphatic carbocycles. The number of carbonyl (C=O) groups is 1. The smallest absolute Gasteiger partial charge is 0.252 e. The highest BCUT2D eigenvalue weighted by Crippen LogP contribution is 2.17. The first-order valence-electron chi connectivity index (χ1n) is 5.83. The second-order valence-corrected chi connectivity index (χ2v) is 5.09. The van der Waals surface area contributed by atoms with Crippen LogP contribution in [-0.4, -0.2) is 17.4 Å². The van der Waals surface area contributed by atoms with E-state index >= 15 is 0 Å². The molecule has 98 valence electrons. The topological polar surface area (TPSA) is 55.1 Å².